The number of benzene rings is 1. The van der Waals surface area contributed by atoms with Crippen molar-refractivity contribution in [3.05, 3.63) is 41.5 Å². The Morgan fingerprint density at radius 2 is 2.10 bits per heavy atom. The molecule has 1 aliphatic heterocycles. The average Bonchev–Trinajstić information content (AvgIpc) is 2.98. The first kappa shape index (κ1) is 19.1. The molecule has 0 saturated heterocycles. The molecule has 0 spiro atoms. The largest absolute Gasteiger partial charge is 0.496 e. The van der Waals surface area contributed by atoms with Gasteiger partial charge < -0.3 is 20.7 Å². The number of rotatable bonds is 5. The van der Waals surface area contributed by atoms with Crippen molar-refractivity contribution in [3.8, 4) is 17.0 Å². The van der Waals surface area contributed by atoms with Crippen molar-refractivity contribution in [2.45, 2.75) is 26.4 Å². The van der Waals surface area contributed by atoms with Crippen molar-refractivity contribution in [1.29, 1.82) is 0 Å². The lowest BCUT2D eigenvalue weighted by Gasteiger charge is -2.13. The van der Waals surface area contributed by atoms with Crippen molar-refractivity contribution in [2.75, 3.05) is 31.3 Å². The van der Waals surface area contributed by atoms with Crippen molar-refractivity contribution in [1.82, 2.24) is 25.1 Å². The molecule has 0 radical (unpaired) electrons. The Morgan fingerprint density at radius 1 is 1.24 bits per heavy atom. The van der Waals surface area contributed by atoms with E-state index >= 15 is 4.39 Å². The fourth-order valence-corrected chi connectivity index (χ4v) is 3.42. The minimum atomic E-state index is -0.457. The second kappa shape index (κ2) is 8.04. The van der Waals surface area contributed by atoms with Crippen LogP contribution in [0.5, 0.6) is 5.75 Å². The van der Waals surface area contributed by atoms with Crippen LogP contribution in [0.2, 0.25) is 0 Å². The van der Waals surface area contributed by atoms with Crippen LogP contribution in [0, 0.1) is 12.7 Å². The summed E-state index contributed by atoms with van der Waals surface area (Å²) in [6.45, 7) is 4.31. The number of halogens is 1. The van der Waals surface area contributed by atoms with Crippen LogP contribution in [-0.2, 0) is 13.1 Å². The Morgan fingerprint density at radius 3 is 2.90 bits per heavy atom. The lowest BCUT2D eigenvalue weighted by atomic mass is 10.1. The quantitative estimate of drug-likeness (QED) is 0.610. The lowest BCUT2D eigenvalue weighted by Crippen LogP contribution is -2.11. The van der Waals surface area contributed by atoms with Crippen LogP contribution < -0.4 is 20.7 Å². The molecule has 3 heterocycles. The Balaban J connectivity index is 1.74. The zero-order chi connectivity index (χ0) is 20.4. The summed E-state index contributed by atoms with van der Waals surface area (Å²) in [6, 6.07) is 7.06. The molecule has 4 rings (SSSR count). The second-order valence-corrected chi connectivity index (χ2v) is 6.87. The maximum atomic E-state index is 15.5. The normalized spacial score (nSPS) is 13.5. The first-order valence-electron chi connectivity index (χ1n) is 9.54. The number of anilines is 3. The minimum Gasteiger partial charge on any atom is -0.496 e. The van der Waals surface area contributed by atoms with Crippen LogP contribution in [0.25, 0.3) is 11.3 Å². The zero-order valence-corrected chi connectivity index (χ0v) is 16.7. The Bertz CT molecular complexity index is 1010. The number of hydrogen-bond acceptors (Lipinski definition) is 7. The lowest BCUT2D eigenvalue weighted by molar-refractivity contribution is 0.413. The molecule has 0 amide bonds. The molecule has 0 atom stereocenters. The van der Waals surface area contributed by atoms with Crippen LogP contribution in [0.15, 0.2) is 24.3 Å². The van der Waals surface area contributed by atoms with Crippen LogP contribution in [0.1, 0.15) is 17.8 Å². The Kier molecular flexibility index (Phi) is 5.30. The van der Waals surface area contributed by atoms with Gasteiger partial charge >= 0.3 is 0 Å². The standard InChI is InChI=1S/C20H24FN7O/c1-12-9-17(22-2)26-20(24-12)25-14-5-6-16(29-3)18(19(14)21)15-10-13-11-23-7-4-8-28(13)27-15/h5-6,9-10,23H,4,7-8,11H2,1-3H3,(H2,22,24,25,26). The van der Waals surface area contributed by atoms with Crippen molar-refractivity contribution >= 4 is 17.5 Å². The smallest absolute Gasteiger partial charge is 0.229 e. The summed E-state index contributed by atoms with van der Waals surface area (Å²) in [5.41, 5.74) is 2.92. The molecule has 29 heavy (non-hydrogen) atoms. The molecule has 0 aliphatic carbocycles. The molecule has 3 aromatic rings. The van der Waals surface area contributed by atoms with E-state index in [4.69, 9.17) is 4.74 Å². The predicted molar refractivity (Wildman–Crippen MR) is 110 cm³/mol. The van der Waals surface area contributed by atoms with Gasteiger partial charge in [0.25, 0.3) is 0 Å². The highest BCUT2D eigenvalue weighted by atomic mass is 19.1. The molecule has 0 saturated carbocycles. The summed E-state index contributed by atoms with van der Waals surface area (Å²) >= 11 is 0. The molecule has 8 nitrogen and oxygen atoms in total. The predicted octanol–water partition coefficient (Wildman–Crippen LogP) is 3.07. The number of aryl methyl sites for hydroxylation is 2. The highest BCUT2D eigenvalue weighted by Crippen LogP contribution is 2.37. The monoisotopic (exact) mass is 397 g/mol. The third kappa shape index (κ3) is 3.86. The van der Waals surface area contributed by atoms with Crippen LogP contribution in [0.4, 0.5) is 21.8 Å². The van der Waals surface area contributed by atoms with E-state index in [1.807, 2.05) is 23.7 Å². The fourth-order valence-electron chi connectivity index (χ4n) is 3.42. The van der Waals surface area contributed by atoms with Gasteiger partial charge in [0.2, 0.25) is 5.95 Å². The fraction of sp³-hybridized carbons (Fsp3) is 0.350. The molecule has 152 valence electrons. The first-order chi connectivity index (χ1) is 14.1. The Labute approximate surface area is 168 Å². The van der Waals surface area contributed by atoms with Gasteiger partial charge in [-0.05, 0) is 38.1 Å². The van der Waals surface area contributed by atoms with E-state index in [2.05, 4.69) is 31.0 Å². The number of hydrogen-bond donors (Lipinski definition) is 3. The van der Waals surface area contributed by atoms with Gasteiger partial charge in [0.1, 0.15) is 11.6 Å². The summed E-state index contributed by atoms with van der Waals surface area (Å²) in [4.78, 5) is 8.68. The van der Waals surface area contributed by atoms with Crippen molar-refractivity contribution < 1.29 is 9.13 Å². The van der Waals surface area contributed by atoms with E-state index in [0.717, 1.165) is 30.9 Å². The summed E-state index contributed by atoms with van der Waals surface area (Å²) in [6.07, 6.45) is 0.980. The van der Waals surface area contributed by atoms with E-state index in [0.29, 0.717) is 35.3 Å². The number of nitrogens with zero attached hydrogens (tertiary/aromatic N) is 4. The molecule has 9 heteroatoms. The van der Waals surface area contributed by atoms with Crippen molar-refractivity contribution in [2.24, 2.45) is 0 Å². The maximum Gasteiger partial charge on any atom is 0.229 e. The number of fused-ring (bicyclic) bond motifs is 1. The van der Waals surface area contributed by atoms with E-state index in [1.165, 1.54) is 7.11 Å². The third-order valence-corrected chi connectivity index (χ3v) is 4.83. The van der Waals surface area contributed by atoms with Crippen LogP contribution in [0.3, 0.4) is 0 Å². The minimum absolute atomic E-state index is 0.259. The molecule has 0 fully saturated rings. The molecule has 1 aliphatic rings. The van der Waals surface area contributed by atoms with E-state index in [-0.39, 0.29) is 5.69 Å². The topological polar surface area (TPSA) is 88.9 Å². The van der Waals surface area contributed by atoms with E-state index in [9.17, 15) is 0 Å². The van der Waals surface area contributed by atoms with Gasteiger partial charge in [0.15, 0.2) is 5.82 Å². The molecule has 0 bridgehead atoms. The number of nitrogens with one attached hydrogen (secondary N) is 3. The van der Waals surface area contributed by atoms with Gasteiger partial charge in [-0.1, -0.05) is 0 Å². The summed E-state index contributed by atoms with van der Waals surface area (Å²) in [5.74, 6) is 0.936. The third-order valence-electron chi connectivity index (χ3n) is 4.83. The molecule has 3 N–H and O–H groups in total. The van der Waals surface area contributed by atoms with Gasteiger partial charge in [0.05, 0.1) is 29.7 Å². The van der Waals surface area contributed by atoms with Crippen LogP contribution >= 0.6 is 0 Å². The summed E-state index contributed by atoms with van der Waals surface area (Å²) in [5, 5.41) is 13.9. The SMILES string of the molecule is CNc1cc(C)nc(Nc2ccc(OC)c(-c3cc4n(n3)CCCNC4)c2F)n1. The van der Waals surface area contributed by atoms with Gasteiger partial charge in [0, 0.05) is 31.9 Å². The highest BCUT2D eigenvalue weighted by Gasteiger charge is 2.21. The maximum absolute atomic E-state index is 15.5. The molecule has 1 aromatic carbocycles. The highest BCUT2D eigenvalue weighted by molar-refractivity contribution is 5.75. The van der Waals surface area contributed by atoms with Crippen LogP contribution in [-0.4, -0.2) is 40.5 Å². The molecule has 2 aromatic heterocycles. The summed E-state index contributed by atoms with van der Waals surface area (Å²) < 4.78 is 22.9. The van der Waals surface area contributed by atoms with Gasteiger partial charge in [-0.15, -0.1) is 0 Å². The number of ether oxygens (including phenoxy) is 1. The molecular formula is C20H24FN7O. The van der Waals surface area contributed by atoms with E-state index in [1.54, 1.807) is 19.2 Å². The first-order valence-corrected chi connectivity index (χ1v) is 9.54. The Hall–Kier alpha value is -3.20. The second-order valence-electron chi connectivity index (χ2n) is 6.87. The molecular weight excluding hydrogens is 373 g/mol. The molecule has 0 unspecified atom stereocenters. The van der Waals surface area contributed by atoms with Gasteiger partial charge in [-0.25, -0.2) is 9.37 Å². The van der Waals surface area contributed by atoms with Gasteiger partial charge in [-0.3, -0.25) is 4.68 Å². The zero-order valence-electron chi connectivity index (χ0n) is 16.7. The van der Waals surface area contributed by atoms with Crippen molar-refractivity contribution in [3.63, 3.8) is 0 Å². The number of methoxy groups -OCH3 is 1. The summed E-state index contributed by atoms with van der Waals surface area (Å²) in [7, 11) is 3.30. The van der Waals surface area contributed by atoms with E-state index < -0.39 is 5.82 Å². The number of aromatic nitrogens is 4. The van der Waals surface area contributed by atoms with Gasteiger partial charge in [-0.2, -0.15) is 10.1 Å². The average molecular weight is 397 g/mol.